The average molecular weight is 317 g/mol. The van der Waals surface area contributed by atoms with Crippen LogP contribution in [0.3, 0.4) is 0 Å². The molecule has 1 aliphatic rings. The Morgan fingerprint density at radius 1 is 1.30 bits per heavy atom. The van der Waals surface area contributed by atoms with Crippen molar-refractivity contribution in [1.82, 2.24) is 10.2 Å². The second kappa shape index (κ2) is 5.81. The van der Waals surface area contributed by atoms with Crippen molar-refractivity contribution in [3.8, 4) is 0 Å². The van der Waals surface area contributed by atoms with Crippen LogP contribution in [0, 0.1) is 0 Å². The number of imide groups is 1. The van der Waals surface area contributed by atoms with Crippen molar-refractivity contribution in [3.05, 3.63) is 46.4 Å². The monoisotopic (exact) mass is 317 g/mol. The van der Waals surface area contributed by atoms with E-state index in [2.05, 4.69) is 5.27 Å². The Kier molecular flexibility index (Phi) is 3.83. The first-order valence-corrected chi connectivity index (χ1v) is 7.17. The lowest BCUT2D eigenvalue weighted by molar-refractivity contribution is -0.746. The van der Waals surface area contributed by atoms with Crippen molar-refractivity contribution in [3.63, 3.8) is 0 Å². The molecular formula is C15H17N4O4+. The number of aryl methyl sites for hydroxylation is 1. The number of nitrogens with one attached hydrogen (secondary N) is 1. The summed E-state index contributed by atoms with van der Waals surface area (Å²) < 4.78 is 6.14. The fourth-order valence-electron chi connectivity index (χ4n) is 2.69. The topological polar surface area (TPSA) is 90.5 Å². The van der Waals surface area contributed by atoms with Gasteiger partial charge in [0.05, 0.1) is 24.7 Å². The van der Waals surface area contributed by atoms with Crippen LogP contribution < -0.4 is 15.2 Å². The first kappa shape index (κ1) is 15.2. The lowest BCUT2D eigenvalue weighted by Crippen LogP contribution is -2.44. The van der Waals surface area contributed by atoms with Gasteiger partial charge in [-0.1, -0.05) is 22.9 Å². The largest absolute Gasteiger partial charge is 0.431 e. The molecule has 0 spiro atoms. The van der Waals surface area contributed by atoms with E-state index in [9.17, 15) is 14.4 Å². The SMILES string of the molecule is CN(Cc1c(=O)o[nH][n+]1C)C1CC(=O)N(c2ccccc2)C1=O. The van der Waals surface area contributed by atoms with Crippen molar-refractivity contribution in [1.29, 1.82) is 0 Å². The number of likely N-dealkylation sites (N-methyl/N-ethyl adjacent to an activating group) is 1. The van der Waals surface area contributed by atoms with Gasteiger partial charge >= 0.3 is 11.3 Å². The van der Waals surface area contributed by atoms with Gasteiger partial charge in [-0.05, 0) is 24.5 Å². The minimum atomic E-state index is -0.600. The molecule has 1 unspecified atom stereocenters. The number of amides is 2. The molecule has 1 N–H and O–H groups in total. The Balaban J connectivity index is 1.81. The fraction of sp³-hybridized carbons (Fsp3) is 0.333. The maximum atomic E-state index is 12.6. The summed E-state index contributed by atoms with van der Waals surface area (Å²) in [5.41, 5.74) is 0.451. The predicted molar refractivity (Wildman–Crippen MR) is 79.3 cm³/mol. The smallest absolute Gasteiger partial charge is 0.284 e. The van der Waals surface area contributed by atoms with E-state index in [-0.39, 0.29) is 24.8 Å². The van der Waals surface area contributed by atoms with Crippen molar-refractivity contribution >= 4 is 17.5 Å². The summed E-state index contributed by atoms with van der Waals surface area (Å²) in [4.78, 5) is 39.3. The molecule has 8 nitrogen and oxygen atoms in total. The number of carbonyl (C=O) groups excluding carboxylic acids is 2. The summed E-state index contributed by atoms with van der Waals surface area (Å²) in [6.45, 7) is 0.203. The highest BCUT2D eigenvalue weighted by Gasteiger charge is 2.42. The van der Waals surface area contributed by atoms with E-state index in [1.807, 2.05) is 6.07 Å². The number of hydrogen-bond donors (Lipinski definition) is 1. The second-order valence-corrected chi connectivity index (χ2v) is 5.52. The highest BCUT2D eigenvalue weighted by atomic mass is 16.5. The number of nitrogens with zero attached hydrogens (tertiary/aromatic N) is 3. The van der Waals surface area contributed by atoms with Gasteiger partial charge in [0.25, 0.3) is 5.91 Å². The molecule has 2 heterocycles. The van der Waals surface area contributed by atoms with Gasteiger partial charge in [-0.3, -0.25) is 19.0 Å². The lowest BCUT2D eigenvalue weighted by atomic mass is 10.2. The standard InChI is InChI=1S/C15H16N4O4/c1-17(9-12-15(22)23-16-18(12)2)11-8-13(20)19(14(11)21)10-6-4-3-5-7-10/h3-7,11H,8-9H2,1-2H3/p+1. The normalized spacial score (nSPS) is 18.2. The first-order chi connectivity index (χ1) is 11.0. The van der Waals surface area contributed by atoms with Crippen molar-refractivity contribution < 1.29 is 18.8 Å². The van der Waals surface area contributed by atoms with E-state index in [1.54, 1.807) is 43.3 Å². The maximum Gasteiger partial charge on any atom is 0.431 e. The molecule has 8 heteroatoms. The highest BCUT2D eigenvalue weighted by Crippen LogP contribution is 2.25. The molecule has 0 aliphatic carbocycles. The van der Waals surface area contributed by atoms with Gasteiger partial charge < -0.3 is 0 Å². The van der Waals surface area contributed by atoms with Crippen molar-refractivity contribution in [2.45, 2.75) is 19.0 Å². The number of carbonyl (C=O) groups is 2. The second-order valence-electron chi connectivity index (χ2n) is 5.52. The van der Waals surface area contributed by atoms with Gasteiger partial charge in [0.15, 0.2) is 7.05 Å². The van der Waals surface area contributed by atoms with Crippen LogP contribution in [0.5, 0.6) is 0 Å². The Morgan fingerprint density at radius 3 is 2.61 bits per heavy atom. The first-order valence-electron chi connectivity index (χ1n) is 7.17. The molecule has 23 heavy (non-hydrogen) atoms. The Bertz CT molecular complexity index is 795. The molecule has 120 valence electrons. The Morgan fingerprint density at radius 2 is 2.00 bits per heavy atom. The van der Waals surface area contributed by atoms with E-state index in [0.29, 0.717) is 11.4 Å². The van der Waals surface area contributed by atoms with Gasteiger partial charge in [-0.25, -0.2) is 9.69 Å². The van der Waals surface area contributed by atoms with Gasteiger partial charge in [0, 0.05) is 0 Å². The molecule has 1 fully saturated rings. The molecule has 2 aromatic rings. The van der Waals surface area contributed by atoms with Gasteiger partial charge in [0.2, 0.25) is 5.91 Å². The predicted octanol–water partition coefficient (Wildman–Crippen LogP) is -0.444. The summed E-state index contributed by atoms with van der Waals surface area (Å²) >= 11 is 0. The van der Waals surface area contributed by atoms with Crippen molar-refractivity contribution in [2.75, 3.05) is 11.9 Å². The van der Waals surface area contributed by atoms with Crippen LogP contribution >= 0.6 is 0 Å². The average Bonchev–Trinajstić information content (AvgIpc) is 3.01. The number of aromatic amines is 1. The molecule has 1 aliphatic heterocycles. The number of benzene rings is 1. The van der Waals surface area contributed by atoms with Crippen LogP contribution in [0.15, 0.2) is 39.6 Å². The maximum absolute atomic E-state index is 12.6. The third kappa shape index (κ3) is 2.68. The number of H-pyrrole nitrogens is 1. The molecule has 1 aromatic carbocycles. The Labute approximate surface area is 131 Å². The van der Waals surface area contributed by atoms with E-state index in [4.69, 9.17) is 4.52 Å². The quantitative estimate of drug-likeness (QED) is 0.610. The van der Waals surface area contributed by atoms with Crippen LogP contribution in [0.1, 0.15) is 12.1 Å². The molecule has 2 amide bonds. The van der Waals surface area contributed by atoms with E-state index >= 15 is 0 Å². The molecule has 0 bridgehead atoms. The van der Waals surface area contributed by atoms with Crippen molar-refractivity contribution in [2.24, 2.45) is 7.05 Å². The van der Waals surface area contributed by atoms with Gasteiger partial charge in [0.1, 0.15) is 0 Å². The number of hydrogen-bond acceptors (Lipinski definition) is 5. The number of para-hydroxylation sites is 1. The molecule has 1 aromatic heterocycles. The zero-order chi connectivity index (χ0) is 16.6. The molecule has 1 saturated heterocycles. The van der Waals surface area contributed by atoms with Gasteiger partial charge in [-0.2, -0.15) is 0 Å². The molecule has 3 rings (SSSR count). The van der Waals surface area contributed by atoms with Crippen LogP contribution in [0.4, 0.5) is 5.69 Å². The van der Waals surface area contributed by atoms with Crippen LogP contribution in [0.2, 0.25) is 0 Å². The zero-order valence-corrected chi connectivity index (χ0v) is 12.9. The number of anilines is 1. The highest BCUT2D eigenvalue weighted by molar-refractivity contribution is 6.22. The lowest BCUT2D eigenvalue weighted by Gasteiger charge is -2.20. The number of aromatic nitrogens is 2. The van der Waals surface area contributed by atoms with Gasteiger partial charge in [-0.15, -0.1) is 0 Å². The summed E-state index contributed by atoms with van der Waals surface area (Å²) in [6.07, 6.45) is 0.0870. The van der Waals surface area contributed by atoms with Crippen LogP contribution in [-0.2, 0) is 23.2 Å². The summed E-state index contributed by atoms with van der Waals surface area (Å²) in [5, 5.41) is 2.43. The number of rotatable bonds is 4. The zero-order valence-electron chi connectivity index (χ0n) is 12.9. The van der Waals surface area contributed by atoms with Crippen LogP contribution in [-0.4, -0.2) is 35.1 Å². The summed E-state index contributed by atoms with van der Waals surface area (Å²) in [7, 11) is 3.35. The fourth-order valence-corrected chi connectivity index (χ4v) is 2.69. The minimum absolute atomic E-state index is 0.0870. The van der Waals surface area contributed by atoms with E-state index in [0.717, 1.165) is 0 Å². The minimum Gasteiger partial charge on any atom is -0.284 e. The third-order valence-electron chi connectivity index (χ3n) is 3.98. The van der Waals surface area contributed by atoms with E-state index in [1.165, 1.54) is 9.58 Å². The van der Waals surface area contributed by atoms with E-state index < -0.39 is 11.7 Å². The summed E-state index contributed by atoms with van der Waals surface area (Å²) in [5.74, 6) is -0.533. The Hall–Kier alpha value is -2.74. The molecule has 0 radical (unpaired) electrons. The third-order valence-corrected chi connectivity index (χ3v) is 3.98. The molecule has 1 atom stereocenters. The van der Waals surface area contributed by atoms with Crippen LogP contribution in [0.25, 0.3) is 0 Å². The molecular weight excluding hydrogens is 300 g/mol. The summed E-state index contributed by atoms with van der Waals surface area (Å²) in [6, 6.07) is 8.22. The molecule has 0 saturated carbocycles.